The predicted molar refractivity (Wildman–Crippen MR) is 96.1 cm³/mol. The van der Waals surface area contributed by atoms with E-state index in [9.17, 15) is 18.3 Å². The van der Waals surface area contributed by atoms with Crippen molar-refractivity contribution in [3.05, 3.63) is 35.9 Å². The molecule has 0 aliphatic rings. The second-order valence-electron chi connectivity index (χ2n) is 5.13. The molecule has 0 aliphatic carbocycles. The Morgan fingerprint density at radius 1 is 1.17 bits per heavy atom. The Morgan fingerprint density at radius 3 is 2.30 bits per heavy atom. The van der Waals surface area contributed by atoms with Crippen LogP contribution in [0, 0.1) is 0 Å². The van der Waals surface area contributed by atoms with Crippen LogP contribution >= 0.6 is 24.0 Å². The van der Waals surface area contributed by atoms with Gasteiger partial charge in [0.15, 0.2) is 5.96 Å². The molecule has 1 atom stereocenters. The molecule has 1 aromatic carbocycles. The average Bonchev–Trinajstić information content (AvgIpc) is 2.44. The van der Waals surface area contributed by atoms with Crippen molar-refractivity contribution < 1.29 is 18.3 Å². The first-order chi connectivity index (χ1) is 10.2. The molecule has 0 bridgehead atoms. The van der Waals surface area contributed by atoms with Gasteiger partial charge in [-0.2, -0.15) is 13.2 Å². The van der Waals surface area contributed by atoms with Gasteiger partial charge in [-0.05, 0) is 19.4 Å². The van der Waals surface area contributed by atoms with Crippen LogP contribution in [-0.2, 0) is 5.60 Å². The summed E-state index contributed by atoms with van der Waals surface area (Å²) < 4.78 is 36.4. The van der Waals surface area contributed by atoms with E-state index in [4.69, 9.17) is 0 Å². The second kappa shape index (κ2) is 9.96. The molecule has 8 heteroatoms. The minimum Gasteiger partial charge on any atom is -0.384 e. The summed E-state index contributed by atoms with van der Waals surface area (Å²) in [7, 11) is 0. The maximum absolute atomic E-state index is 12.1. The summed E-state index contributed by atoms with van der Waals surface area (Å²) in [6.07, 6.45) is -5.15. The minimum absolute atomic E-state index is 0. The number of hydrogen-bond donors (Lipinski definition) is 3. The van der Waals surface area contributed by atoms with Gasteiger partial charge >= 0.3 is 6.18 Å². The molecule has 4 nitrogen and oxygen atoms in total. The molecule has 0 saturated heterocycles. The number of nitrogens with one attached hydrogen (secondary N) is 2. The predicted octanol–water partition coefficient (Wildman–Crippen LogP) is 3.02. The van der Waals surface area contributed by atoms with Crippen molar-refractivity contribution in [2.24, 2.45) is 4.99 Å². The Kier molecular flexibility index (Phi) is 9.52. The van der Waals surface area contributed by atoms with Gasteiger partial charge in [0, 0.05) is 13.1 Å². The first kappa shape index (κ1) is 22.0. The minimum atomic E-state index is -4.21. The lowest BCUT2D eigenvalue weighted by molar-refractivity contribution is -0.132. The number of aliphatic hydroxyl groups is 1. The van der Waals surface area contributed by atoms with E-state index in [0.717, 1.165) is 0 Å². The quantitative estimate of drug-likeness (QED) is 0.359. The van der Waals surface area contributed by atoms with Gasteiger partial charge in [0.2, 0.25) is 0 Å². The van der Waals surface area contributed by atoms with Crippen molar-refractivity contribution in [1.82, 2.24) is 10.6 Å². The molecule has 23 heavy (non-hydrogen) atoms. The second-order valence-corrected chi connectivity index (χ2v) is 5.13. The van der Waals surface area contributed by atoms with Gasteiger partial charge in [-0.25, -0.2) is 4.99 Å². The third-order valence-electron chi connectivity index (χ3n) is 2.99. The standard InChI is InChI=1S/C15H22F3N3O.HI/c1-3-19-13(20-10-9-15(16,17)18)21-11-14(2,22)12-7-5-4-6-8-12;/h4-8,22H,3,9-11H2,1-2H3,(H2,19,20,21);1H. The smallest absolute Gasteiger partial charge is 0.384 e. The molecular formula is C15H23F3IN3O. The molecule has 0 amide bonds. The van der Waals surface area contributed by atoms with Crippen LogP contribution in [0.15, 0.2) is 35.3 Å². The Labute approximate surface area is 151 Å². The van der Waals surface area contributed by atoms with E-state index >= 15 is 0 Å². The molecule has 1 unspecified atom stereocenters. The van der Waals surface area contributed by atoms with Crippen molar-refractivity contribution >= 4 is 29.9 Å². The molecule has 1 aromatic rings. The van der Waals surface area contributed by atoms with E-state index in [-0.39, 0.29) is 43.0 Å². The van der Waals surface area contributed by atoms with Crippen molar-refractivity contribution in [2.45, 2.75) is 32.0 Å². The van der Waals surface area contributed by atoms with Gasteiger partial charge in [0.05, 0.1) is 13.0 Å². The van der Waals surface area contributed by atoms with Crippen LogP contribution in [0.1, 0.15) is 25.8 Å². The summed E-state index contributed by atoms with van der Waals surface area (Å²) in [5, 5.41) is 15.9. The van der Waals surface area contributed by atoms with E-state index < -0.39 is 18.2 Å². The topological polar surface area (TPSA) is 56.7 Å². The summed E-state index contributed by atoms with van der Waals surface area (Å²) in [4.78, 5) is 4.16. The summed E-state index contributed by atoms with van der Waals surface area (Å²) in [6, 6.07) is 9.01. The van der Waals surface area contributed by atoms with Gasteiger partial charge in [-0.15, -0.1) is 24.0 Å². The monoisotopic (exact) mass is 445 g/mol. The SMILES string of the molecule is CCNC(=NCC(C)(O)c1ccccc1)NCCC(F)(F)F.I. The maximum atomic E-state index is 12.1. The van der Waals surface area contributed by atoms with Crippen LogP contribution in [0.25, 0.3) is 0 Å². The van der Waals surface area contributed by atoms with Crippen LogP contribution in [0.5, 0.6) is 0 Å². The molecule has 0 radical (unpaired) electrons. The fourth-order valence-corrected chi connectivity index (χ4v) is 1.79. The zero-order valence-electron chi connectivity index (χ0n) is 13.2. The highest BCUT2D eigenvalue weighted by Gasteiger charge is 2.26. The maximum Gasteiger partial charge on any atom is 0.390 e. The van der Waals surface area contributed by atoms with Crippen LogP contribution in [-0.4, -0.2) is 36.9 Å². The van der Waals surface area contributed by atoms with E-state index in [1.54, 1.807) is 31.2 Å². The number of nitrogens with zero attached hydrogens (tertiary/aromatic N) is 1. The fraction of sp³-hybridized carbons (Fsp3) is 0.533. The molecule has 0 aliphatic heterocycles. The van der Waals surface area contributed by atoms with Crippen LogP contribution < -0.4 is 10.6 Å². The van der Waals surface area contributed by atoms with Crippen LogP contribution in [0.2, 0.25) is 0 Å². The Morgan fingerprint density at radius 2 is 1.78 bits per heavy atom. The highest BCUT2D eigenvalue weighted by Crippen LogP contribution is 2.20. The Balaban J connectivity index is 0.00000484. The molecule has 1 rings (SSSR count). The molecule has 3 N–H and O–H groups in total. The lowest BCUT2D eigenvalue weighted by Crippen LogP contribution is -2.40. The van der Waals surface area contributed by atoms with Gasteiger partial charge < -0.3 is 15.7 Å². The first-order valence-corrected chi connectivity index (χ1v) is 7.11. The number of alkyl halides is 3. The number of hydrogen-bond acceptors (Lipinski definition) is 2. The highest BCUT2D eigenvalue weighted by atomic mass is 127. The first-order valence-electron chi connectivity index (χ1n) is 7.11. The largest absolute Gasteiger partial charge is 0.390 e. The van der Waals surface area contributed by atoms with Crippen molar-refractivity contribution in [3.8, 4) is 0 Å². The Hall–Kier alpha value is -1.03. The van der Waals surface area contributed by atoms with Gasteiger partial charge in [0.1, 0.15) is 5.60 Å². The zero-order valence-corrected chi connectivity index (χ0v) is 15.5. The van der Waals surface area contributed by atoms with E-state index in [0.29, 0.717) is 12.1 Å². The molecule has 132 valence electrons. The van der Waals surface area contributed by atoms with Gasteiger partial charge in [-0.3, -0.25) is 0 Å². The van der Waals surface area contributed by atoms with Gasteiger partial charge in [0.25, 0.3) is 0 Å². The number of guanidine groups is 1. The van der Waals surface area contributed by atoms with Crippen molar-refractivity contribution in [1.29, 1.82) is 0 Å². The molecule has 0 spiro atoms. The van der Waals surface area contributed by atoms with Gasteiger partial charge in [-0.1, -0.05) is 30.3 Å². The Bertz CT molecular complexity index is 479. The number of aliphatic imine (C=N–C) groups is 1. The lowest BCUT2D eigenvalue weighted by atomic mass is 9.96. The van der Waals surface area contributed by atoms with Crippen molar-refractivity contribution in [2.75, 3.05) is 19.6 Å². The number of halogens is 4. The van der Waals surface area contributed by atoms with Crippen LogP contribution in [0.3, 0.4) is 0 Å². The molecule has 0 saturated carbocycles. The summed E-state index contributed by atoms with van der Waals surface area (Å²) in [6.45, 7) is 3.73. The normalized spacial score (nSPS) is 14.6. The lowest BCUT2D eigenvalue weighted by Gasteiger charge is -2.22. The van der Waals surface area contributed by atoms with Crippen molar-refractivity contribution in [3.63, 3.8) is 0 Å². The third kappa shape index (κ3) is 8.99. The van der Waals surface area contributed by atoms with E-state index in [1.165, 1.54) is 0 Å². The van der Waals surface area contributed by atoms with Crippen LogP contribution in [0.4, 0.5) is 13.2 Å². The highest BCUT2D eigenvalue weighted by molar-refractivity contribution is 14.0. The summed E-state index contributed by atoms with van der Waals surface area (Å²) in [5.41, 5.74) is -0.488. The average molecular weight is 445 g/mol. The molecule has 0 aromatic heterocycles. The van der Waals surface area contributed by atoms with E-state index in [2.05, 4.69) is 15.6 Å². The zero-order chi connectivity index (χ0) is 16.6. The number of benzene rings is 1. The number of rotatable bonds is 6. The molecule has 0 fully saturated rings. The van der Waals surface area contributed by atoms with E-state index in [1.807, 2.05) is 13.0 Å². The molecule has 0 heterocycles. The molecular weight excluding hydrogens is 422 g/mol. The summed E-state index contributed by atoms with van der Waals surface area (Å²) in [5.74, 6) is 0.253. The fourth-order valence-electron chi connectivity index (χ4n) is 1.79. The third-order valence-corrected chi connectivity index (χ3v) is 2.99. The summed E-state index contributed by atoms with van der Waals surface area (Å²) >= 11 is 0.